The molecule has 0 bridgehead atoms. The first-order valence-corrected chi connectivity index (χ1v) is 12.4. The van der Waals surface area contributed by atoms with E-state index in [-0.39, 0.29) is 24.8 Å². The first kappa shape index (κ1) is 23.3. The number of piperidine rings is 1. The number of hydrogen-bond donors (Lipinski definition) is 2. The highest BCUT2D eigenvalue weighted by Crippen LogP contribution is 2.35. The van der Waals surface area contributed by atoms with Crippen LogP contribution in [0, 0.1) is 5.92 Å². The average molecular weight is 453 g/mol. The van der Waals surface area contributed by atoms with Gasteiger partial charge in [-0.25, -0.2) is 0 Å². The van der Waals surface area contributed by atoms with E-state index in [4.69, 9.17) is 5.73 Å². The summed E-state index contributed by atoms with van der Waals surface area (Å²) in [6.45, 7) is 1.19. The number of carbonyl (C=O) groups is 3. The lowest BCUT2D eigenvalue weighted by atomic mass is 9.78. The average Bonchev–Trinajstić information content (AvgIpc) is 3.24. The number of amides is 3. The molecule has 1 aromatic carbocycles. The molecule has 1 aliphatic carbocycles. The van der Waals surface area contributed by atoms with Gasteiger partial charge in [0.1, 0.15) is 0 Å². The van der Waals surface area contributed by atoms with Crippen LogP contribution in [0.1, 0.15) is 63.4 Å². The number of primary amides is 1. The highest BCUT2D eigenvalue weighted by atomic mass is 16.2. The minimum absolute atomic E-state index is 0.0922. The van der Waals surface area contributed by atoms with Crippen molar-refractivity contribution in [2.45, 2.75) is 70.3 Å². The molecule has 7 nitrogen and oxygen atoms in total. The number of H-pyrrole nitrogens is 1. The third-order valence-electron chi connectivity index (χ3n) is 7.37. The van der Waals surface area contributed by atoms with Crippen molar-refractivity contribution in [3.63, 3.8) is 0 Å². The smallest absolute Gasteiger partial charge is 0.237 e. The Kier molecular flexibility index (Phi) is 7.68. The van der Waals surface area contributed by atoms with Crippen LogP contribution in [0.4, 0.5) is 0 Å². The zero-order chi connectivity index (χ0) is 23.2. The maximum absolute atomic E-state index is 12.9. The molecule has 1 saturated carbocycles. The van der Waals surface area contributed by atoms with Crippen LogP contribution >= 0.6 is 0 Å². The molecule has 3 amide bonds. The molecule has 3 N–H and O–H groups in total. The lowest BCUT2D eigenvalue weighted by molar-refractivity contribution is -0.138. The van der Waals surface area contributed by atoms with Gasteiger partial charge in [0.25, 0.3) is 0 Å². The number of aromatic nitrogens is 1. The number of aromatic amines is 1. The Morgan fingerprint density at radius 2 is 1.85 bits per heavy atom. The standard InChI is InChI=1S/C26H36N4O3/c27-24(31)18-29(16-14-20-17-28-22-10-3-2-9-21(20)22)25(32)12-5-13-26(33)30-15-6-8-19-7-1-4-11-23(19)30/h2-3,9-10,17,19,23,28H,1,4-8,11-16,18H2,(H2,27,31). The summed E-state index contributed by atoms with van der Waals surface area (Å²) in [6, 6.07) is 8.43. The number of benzene rings is 1. The molecule has 2 fully saturated rings. The molecule has 2 aliphatic rings. The van der Waals surface area contributed by atoms with Crippen molar-refractivity contribution in [3.05, 3.63) is 36.0 Å². The Morgan fingerprint density at radius 1 is 1.06 bits per heavy atom. The van der Waals surface area contributed by atoms with E-state index in [1.165, 1.54) is 30.6 Å². The van der Waals surface area contributed by atoms with Gasteiger partial charge in [0.2, 0.25) is 17.7 Å². The van der Waals surface area contributed by atoms with Crippen molar-refractivity contribution in [1.82, 2.24) is 14.8 Å². The lowest BCUT2D eigenvalue weighted by Crippen LogP contribution is -2.49. The van der Waals surface area contributed by atoms with Gasteiger partial charge in [-0.05, 0) is 56.1 Å². The van der Waals surface area contributed by atoms with Crippen molar-refractivity contribution in [3.8, 4) is 0 Å². The van der Waals surface area contributed by atoms with Gasteiger partial charge in [-0.2, -0.15) is 0 Å². The molecule has 33 heavy (non-hydrogen) atoms. The van der Waals surface area contributed by atoms with Gasteiger partial charge in [-0.3, -0.25) is 14.4 Å². The number of likely N-dealkylation sites (tertiary alicyclic amines) is 1. The molecular formula is C26H36N4O3. The summed E-state index contributed by atoms with van der Waals surface area (Å²) < 4.78 is 0. The van der Waals surface area contributed by atoms with Crippen LogP contribution < -0.4 is 5.73 Å². The number of rotatable bonds is 9. The van der Waals surface area contributed by atoms with E-state index >= 15 is 0 Å². The Balaban J connectivity index is 1.29. The van der Waals surface area contributed by atoms with Crippen molar-refractivity contribution in [1.29, 1.82) is 0 Å². The molecule has 2 unspecified atom stereocenters. The first-order valence-electron chi connectivity index (χ1n) is 12.4. The number of carbonyl (C=O) groups excluding carboxylic acids is 3. The number of nitrogens with two attached hydrogens (primary N) is 1. The monoisotopic (exact) mass is 452 g/mol. The Morgan fingerprint density at radius 3 is 2.70 bits per heavy atom. The Bertz CT molecular complexity index is 983. The molecule has 4 rings (SSSR count). The largest absolute Gasteiger partial charge is 0.368 e. The molecule has 1 aromatic heterocycles. The molecule has 2 aromatic rings. The van der Waals surface area contributed by atoms with E-state index in [0.29, 0.717) is 37.8 Å². The van der Waals surface area contributed by atoms with Crippen molar-refractivity contribution in [2.24, 2.45) is 11.7 Å². The minimum atomic E-state index is -0.519. The molecule has 178 valence electrons. The second kappa shape index (κ2) is 10.9. The van der Waals surface area contributed by atoms with Gasteiger partial charge in [0.05, 0.1) is 6.54 Å². The molecule has 1 aliphatic heterocycles. The summed E-state index contributed by atoms with van der Waals surface area (Å²) in [5, 5.41) is 1.12. The number of nitrogens with one attached hydrogen (secondary N) is 1. The summed E-state index contributed by atoms with van der Waals surface area (Å²) >= 11 is 0. The fourth-order valence-corrected chi connectivity index (χ4v) is 5.70. The van der Waals surface area contributed by atoms with Gasteiger partial charge in [-0.15, -0.1) is 0 Å². The fourth-order valence-electron chi connectivity index (χ4n) is 5.70. The molecule has 7 heteroatoms. The Labute approximate surface area is 195 Å². The normalized spacial score (nSPS) is 20.4. The summed E-state index contributed by atoms with van der Waals surface area (Å²) in [5.41, 5.74) is 7.57. The zero-order valence-corrected chi connectivity index (χ0v) is 19.4. The predicted molar refractivity (Wildman–Crippen MR) is 128 cm³/mol. The van der Waals surface area contributed by atoms with E-state index in [9.17, 15) is 14.4 Å². The van der Waals surface area contributed by atoms with Crippen LogP contribution in [0.25, 0.3) is 10.9 Å². The zero-order valence-electron chi connectivity index (χ0n) is 19.4. The molecule has 2 atom stereocenters. The minimum Gasteiger partial charge on any atom is -0.368 e. The van der Waals surface area contributed by atoms with Crippen LogP contribution in [0.2, 0.25) is 0 Å². The molecule has 0 radical (unpaired) electrons. The second-order valence-electron chi connectivity index (χ2n) is 9.59. The van der Waals surface area contributed by atoms with Crippen LogP contribution in [0.3, 0.4) is 0 Å². The van der Waals surface area contributed by atoms with Gasteiger partial charge in [0, 0.05) is 49.1 Å². The van der Waals surface area contributed by atoms with Crippen LogP contribution in [-0.4, -0.2) is 58.2 Å². The number of fused-ring (bicyclic) bond motifs is 2. The highest BCUT2D eigenvalue weighted by Gasteiger charge is 2.35. The van der Waals surface area contributed by atoms with E-state index in [0.717, 1.165) is 35.9 Å². The lowest BCUT2D eigenvalue weighted by Gasteiger charge is -2.44. The van der Waals surface area contributed by atoms with E-state index in [1.807, 2.05) is 30.5 Å². The fraction of sp³-hybridized carbons (Fsp3) is 0.577. The number of nitrogens with zero attached hydrogens (tertiary/aromatic N) is 2. The van der Waals surface area contributed by atoms with E-state index < -0.39 is 5.91 Å². The van der Waals surface area contributed by atoms with Crippen molar-refractivity contribution >= 4 is 28.6 Å². The predicted octanol–water partition coefficient (Wildman–Crippen LogP) is 3.38. The molecule has 2 heterocycles. The topological polar surface area (TPSA) is 99.5 Å². The van der Waals surface area contributed by atoms with Gasteiger partial charge < -0.3 is 20.5 Å². The summed E-state index contributed by atoms with van der Waals surface area (Å²) in [4.78, 5) is 44.2. The van der Waals surface area contributed by atoms with Gasteiger partial charge in [-0.1, -0.05) is 31.0 Å². The van der Waals surface area contributed by atoms with E-state index in [2.05, 4.69) is 9.88 Å². The van der Waals surface area contributed by atoms with Crippen LogP contribution in [0.5, 0.6) is 0 Å². The SMILES string of the molecule is NC(=O)CN(CCc1c[nH]c2ccccc12)C(=O)CCCC(=O)N1CCCC2CCCCC21. The summed E-state index contributed by atoms with van der Waals surface area (Å²) in [6.07, 6.45) is 10.9. The van der Waals surface area contributed by atoms with Crippen LogP contribution in [0.15, 0.2) is 30.5 Å². The van der Waals surface area contributed by atoms with Crippen molar-refractivity contribution < 1.29 is 14.4 Å². The maximum Gasteiger partial charge on any atom is 0.237 e. The quantitative estimate of drug-likeness (QED) is 0.610. The molecule has 1 saturated heterocycles. The third kappa shape index (κ3) is 5.75. The van der Waals surface area contributed by atoms with Gasteiger partial charge in [0.15, 0.2) is 0 Å². The summed E-state index contributed by atoms with van der Waals surface area (Å²) in [7, 11) is 0. The molecular weight excluding hydrogens is 416 g/mol. The highest BCUT2D eigenvalue weighted by molar-refractivity contribution is 5.85. The van der Waals surface area contributed by atoms with Gasteiger partial charge >= 0.3 is 0 Å². The number of hydrogen-bond acceptors (Lipinski definition) is 3. The maximum atomic E-state index is 12.9. The van der Waals surface area contributed by atoms with Crippen LogP contribution in [-0.2, 0) is 20.8 Å². The first-order chi connectivity index (χ1) is 16.0. The summed E-state index contributed by atoms with van der Waals surface area (Å²) in [5.74, 6) is 0.207. The van der Waals surface area contributed by atoms with E-state index in [1.54, 1.807) is 0 Å². The van der Waals surface area contributed by atoms with Crippen molar-refractivity contribution in [2.75, 3.05) is 19.6 Å². The number of para-hydroxylation sites is 1. The third-order valence-corrected chi connectivity index (χ3v) is 7.37. The Hall–Kier alpha value is -2.83. The molecule has 0 spiro atoms. The second-order valence-corrected chi connectivity index (χ2v) is 9.59.